The van der Waals surface area contributed by atoms with E-state index in [9.17, 15) is 14.4 Å². The lowest BCUT2D eigenvalue weighted by Gasteiger charge is -2.21. The molecule has 0 aliphatic heterocycles. The smallest absolute Gasteiger partial charge is 0.344 e. The second-order valence-electron chi connectivity index (χ2n) is 4.92. The van der Waals surface area contributed by atoms with Crippen LogP contribution in [0.25, 0.3) is 0 Å². The molecule has 112 valence electrons. The van der Waals surface area contributed by atoms with E-state index in [1.165, 1.54) is 6.92 Å². The van der Waals surface area contributed by atoms with Crippen LogP contribution in [0.1, 0.15) is 45.4 Å². The van der Waals surface area contributed by atoms with Gasteiger partial charge in [-0.15, -0.1) is 0 Å². The number of hydrogen-bond donors (Lipinski definition) is 1. The Morgan fingerprint density at radius 1 is 1.25 bits per heavy atom. The van der Waals surface area contributed by atoms with Crippen LogP contribution in [0.2, 0.25) is 0 Å². The van der Waals surface area contributed by atoms with Gasteiger partial charge in [0, 0.05) is 5.57 Å². The Bertz CT molecular complexity index is 394. The Labute approximate surface area is 117 Å². The average molecular weight is 284 g/mol. The first-order valence-corrected chi connectivity index (χ1v) is 6.71. The second-order valence-corrected chi connectivity index (χ2v) is 4.92. The number of hydrogen-bond acceptors (Lipinski definition) is 5. The molecule has 1 atom stereocenters. The molecule has 6 heteroatoms. The number of carboxylic acids is 1. The fourth-order valence-electron chi connectivity index (χ4n) is 1.95. The third-order valence-electron chi connectivity index (χ3n) is 3.13. The molecule has 0 spiro atoms. The topological polar surface area (TPSA) is 89.9 Å². The van der Waals surface area contributed by atoms with Gasteiger partial charge in [-0.05, 0) is 32.6 Å². The highest BCUT2D eigenvalue weighted by Crippen LogP contribution is 2.21. The minimum Gasteiger partial charge on any atom is -0.479 e. The van der Waals surface area contributed by atoms with Crippen LogP contribution in [0.3, 0.4) is 0 Å². The lowest BCUT2D eigenvalue weighted by atomic mass is 9.98. The molecule has 1 saturated carbocycles. The predicted octanol–water partition coefficient (Wildman–Crippen LogP) is 1.82. The molecule has 20 heavy (non-hydrogen) atoms. The van der Waals surface area contributed by atoms with Crippen LogP contribution in [0, 0.1) is 0 Å². The zero-order valence-corrected chi connectivity index (χ0v) is 11.6. The van der Waals surface area contributed by atoms with Crippen molar-refractivity contribution in [3.05, 3.63) is 12.2 Å². The largest absolute Gasteiger partial charge is 0.479 e. The lowest BCUT2D eigenvalue weighted by molar-refractivity contribution is -0.160. The summed E-state index contributed by atoms with van der Waals surface area (Å²) in [5.41, 5.74) is -0.0982. The van der Waals surface area contributed by atoms with Crippen LogP contribution in [0.5, 0.6) is 0 Å². The SMILES string of the molecule is C=C(CC(=O)OC1CCCCC1)C(=O)OC(C)C(=O)O. The van der Waals surface area contributed by atoms with E-state index in [0.29, 0.717) is 0 Å². The van der Waals surface area contributed by atoms with E-state index in [2.05, 4.69) is 11.3 Å². The highest BCUT2D eigenvalue weighted by atomic mass is 16.6. The number of esters is 2. The van der Waals surface area contributed by atoms with Gasteiger partial charge in [-0.1, -0.05) is 13.0 Å². The highest BCUT2D eigenvalue weighted by molar-refractivity contribution is 5.94. The number of carbonyl (C=O) groups is 3. The molecule has 1 unspecified atom stereocenters. The van der Waals surface area contributed by atoms with Crippen LogP contribution >= 0.6 is 0 Å². The summed E-state index contributed by atoms with van der Waals surface area (Å²) < 4.78 is 9.86. The van der Waals surface area contributed by atoms with Crippen LogP contribution in [0.15, 0.2) is 12.2 Å². The molecule has 1 aliphatic rings. The molecule has 1 aliphatic carbocycles. The summed E-state index contributed by atoms with van der Waals surface area (Å²) in [4.78, 5) is 33.7. The Kier molecular flexibility index (Phi) is 6.21. The number of rotatable bonds is 6. The molecule has 1 rings (SSSR count). The number of carbonyl (C=O) groups excluding carboxylic acids is 2. The van der Waals surface area contributed by atoms with Crippen molar-refractivity contribution in [2.75, 3.05) is 0 Å². The van der Waals surface area contributed by atoms with Gasteiger partial charge in [0.15, 0.2) is 6.10 Å². The van der Waals surface area contributed by atoms with Gasteiger partial charge in [-0.3, -0.25) is 4.79 Å². The minimum atomic E-state index is -1.27. The van der Waals surface area contributed by atoms with Crippen LogP contribution in [-0.2, 0) is 23.9 Å². The van der Waals surface area contributed by atoms with Crippen molar-refractivity contribution in [1.82, 2.24) is 0 Å². The zero-order valence-electron chi connectivity index (χ0n) is 11.6. The van der Waals surface area contributed by atoms with Crippen molar-refractivity contribution < 1.29 is 29.0 Å². The molecule has 0 aromatic rings. The van der Waals surface area contributed by atoms with Crippen molar-refractivity contribution in [2.24, 2.45) is 0 Å². The third kappa shape index (κ3) is 5.42. The maximum absolute atomic E-state index is 11.6. The van der Waals surface area contributed by atoms with Gasteiger partial charge in [-0.25, -0.2) is 9.59 Å². The summed E-state index contributed by atoms with van der Waals surface area (Å²) in [5.74, 6) is -2.67. The molecular formula is C14H20O6. The van der Waals surface area contributed by atoms with Gasteiger partial charge in [0.2, 0.25) is 0 Å². The first-order chi connectivity index (χ1) is 9.40. The first kappa shape index (κ1) is 16.2. The fraction of sp³-hybridized carbons (Fsp3) is 0.643. The van der Waals surface area contributed by atoms with E-state index in [1.807, 2.05) is 0 Å². The van der Waals surface area contributed by atoms with Gasteiger partial charge in [-0.2, -0.15) is 0 Å². The minimum absolute atomic E-state index is 0.0852. The van der Waals surface area contributed by atoms with E-state index in [0.717, 1.165) is 32.1 Å². The molecule has 0 aromatic heterocycles. The summed E-state index contributed by atoms with van der Waals surface area (Å²) in [7, 11) is 0. The number of aliphatic carboxylic acids is 1. The monoisotopic (exact) mass is 284 g/mol. The highest BCUT2D eigenvalue weighted by Gasteiger charge is 2.22. The van der Waals surface area contributed by atoms with Gasteiger partial charge in [0.05, 0.1) is 6.42 Å². The summed E-state index contributed by atoms with van der Waals surface area (Å²) in [6.45, 7) is 4.66. The fourth-order valence-corrected chi connectivity index (χ4v) is 1.95. The molecular weight excluding hydrogens is 264 g/mol. The quantitative estimate of drug-likeness (QED) is 0.591. The van der Waals surface area contributed by atoms with Crippen LogP contribution in [0.4, 0.5) is 0 Å². The maximum atomic E-state index is 11.6. The zero-order chi connectivity index (χ0) is 15.1. The van der Waals surface area contributed by atoms with Crippen molar-refractivity contribution in [1.29, 1.82) is 0 Å². The molecule has 1 N–H and O–H groups in total. The van der Waals surface area contributed by atoms with E-state index in [1.54, 1.807) is 0 Å². The Hall–Kier alpha value is -1.85. The average Bonchev–Trinajstić information content (AvgIpc) is 2.39. The molecule has 1 fully saturated rings. The van der Waals surface area contributed by atoms with E-state index in [-0.39, 0.29) is 18.1 Å². The van der Waals surface area contributed by atoms with E-state index in [4.69, 9.17) is 9.84 Å². The Balaban J connectivity index is 2.34. The second kappa shape index (κ2) is 7.67. The Morgan fingerprint density at radius 3 is 2.40 bits per heavy atom. The predicted molar refractivity (Wildman–Crippen MR) is 69.9 cm³/mol. The van der Waals surface area contributed by atoms with Crippen molar-refractivity contribution in [3.8, 4) is 0 Å². The molecule has 0 aromatic carbocycles. The lowest BCUT2D eigenvalue weighted by Crippen LogP contribution is -2.26. The molecule has 6 nitrogen and oxygen atoms in total. The first-order valence-electron chi connectivity index (χ1n) is 6.71. The molecule has 0 saturated heterocycles. The summed E-state index contributed by atoms with van der Waals surface area (Å²) in [5, 5.41) is 8.61. The summed E-state index contributed by atoms with van der Waals surface area (Å²) in [6, 6.07) is 0. The van der Waals surface area contributed by atoms with Crippen LogP contribution < -0.4 is 0 Å². The van der Waals surface area contributed by atoms with Crippen molar-refractivity contribution in [2.45, 2.75) is 57.7 Å². The molecule has 0 radical (unpaired) electrons. The Morgan fingerprint density at radius 2 is 1.85 bits per heavy atom. The van der Waals surface area contributed by atoms with Crippen LogP contribution in [-0.4, -0.2) is 35.2 Å². The summed E-state index contributed by atoms with van der Waals surface area (Å²) in [6.07, 6.45) is 3.29. The molecule has 0 amide bonds. The normalized spacial score (nSPS) is 17.1. The maximum Gasteiger partial charge on any atom is 0.344 e. The standard InChI is InChI=1S/C14H20O6/c1-9(14(18)19-10(2)13(16)17)8-12(15)20-11-6-4-3-5-7-11/h10-11H,1,3-8H2,2H3,(H,16,17). The molecule has 0 heterocycles. The van der Waals surface area contributed by atoms with Gasteiger partial charge in [0.1, 0.15) is 6.10 Å². The van der Waals surface area contributed by atoms with Gasteiger partial charge >= 0.3 is 17.9 Å². The van der Waals surface area contributed by atoms with Gasteiger partial charge in [0.25, 0.3) is 0 Å². The van der Waals surface area contributed by atoms with Gasteiger partial charge < -0.3 is 14.6 Å². The number of ether oxygens (including phenoxy) is 2. The van der Waals surface area contributed by atoms with E-state index < -0.39 is 24.0 Å². The summed E-state index contributed by atoms with van der Waals surface area (Å²) >= 11 is 0. The van der Waals surface area contributed by atoms with Crippen molar-refractivity contribution >= 4 is 17.9 Å². The van der Waals surface area contributed by atoms with E-state index >= 15 is 0 Å². The number of carboxylic acid groups (broad SMARTS) is 1. The molecule has 0 bridgehead atoms. The third-order valence-corrected chi connectivity index (χ3v) is 3.13. The van der Waals surface area contributed by atoms with Crippen molar-refractivity contribution in [3.63, 3.8) is 0 Å².